The molecule has 0 unspecified atom stereocenters. The first kappa shape index (κ1) is 22.1. The van der Waals surface area contributed by atoms with E-state index in [4.69, 9.17) is 16.3 Å². The predicted octanol–water partition coefficient (Wildman–Crippen LogP) is -0.741. The van der Waals surface area contributed by atoms with Gasteiger partial charge in [0.15, 0.2) is 17.6 Å². The molecule has 10 heteroatoms. The summed E-state index contributed by atoms with van der Waals surface area (Å²) in [4.78, 5) is 26.0. The maximum absolute atomic E-state index is 15.1. The van der Waals surface area contributed by atoms with E-state index in [1.807, 2.05) is 11.8 Å². The van der Waals surface area contributed by atoms with Gasteiger partial charge in [-0.05, 0) is 13.0 Å². The molecule has 1 fully saturated rings. The third kappa shape index (κ3) is 3.57. The molecule has 0 spiro atoms. The van der Waals surface area contributed by atoms with Crippen LogP contribution in [0.5, 0.6) is 5.75 Å². The second kappa shape index (κ2) is 7.92. The normalized spacial score (nSPS) is 20.1. The molecule has 1 aromatic carbocycles. The number of pyridine rings is 1. The number of quaternary nitrogens is 1. The third-order valence-corrected chi connectivity index (χ3v) is 6.37. The molecule has 1 N–H and O–H groups in total. The van der Waals surface area contributed by atoms with Crippen molar-refractivity contribution in [1.29, 1.82) is 0 Å². The van der Waals surface area contributed by atoms with Gasteiger partial charge in [-0.1, -0.05) is 11.6 Å². The average Bonchev–Trinajstić information content (AvgIpc) is 2.67. The molecule has 4 rings (SSSR count). The van der Waals surface area contributed by atoms with Crippen LogP contribution in [-0.2, 0) is 0 Å². The lowest BCUT2D eigenvalue weighted by Gasteiger charge is -2.42. The monoisotopic (exact) mass is 537 g/mol. The molecule has 0 bridgehead atoms. The summed E-state index contributed by atoms with van der Waals surface area (Å²) in [6.45, 7) is 4.88. The number of alkyl halides is 1. The van der Waals surface area contributed by atoms with Crippen molar-refractivity contribution in [3.8, 4) is 5.75 Å². The fraction of sp³-hybridized carbons (Fsp3) is 0.474. The standard InChI is InChI=1S/C19H21ClFN3O4.HI/c1-11-9-28-18-15-12(17(25)13(19(26)27)8-23(11)15)7-14(21)16(18)22-3-5-24(2,10-20)6-4-22;/h7-8,11H,3-6,9-10H2,1-2H3;1H/t11-;/m0./s1. The number of rotatable bonds is 3. The van der Waals surface area contributed by atoms with Crippen molar-refractivity contribution < 1.29 is 47.5 Å². The predicted molar refractivity (Wildman–Crippen MR) is 104 cm³/mol. The lowest BCUT2D eigenvalue weighted by atomic mass is 10.1. The molecule has 7 nitrogen and oxygen atoms in total. The van der Waals surface area contributed by atoms with Gasteiger partial charge >= 0.3 is 5.97 Å². The first-order valence-corrected chi connectivity index (χ1v) is 9.71. The van der Waals surface area contributed by atoms with Crippen molar-refractivity contribution >= 4 is 34.2 Å². The summed E-state index contributed by atoms with van der Waals surface area (Å²) >= 11 is 6.06. The molecule has 29 heavy (non-hydrogen) atoms. The minimum atomic E-state index is -1.32. The van der Waals surface area contributed by atoms with Gasteiger partial charge in [-0.25, -0.2) is 9.18 Å². The molecule has 0 saturated carbocycles. The van der Waals surface area contributed by atoms with E-state index >= 15 is 4.39 Å². The lowest BCUT2D eigenvalue weighted by molar-refractivity contribution is -0.899. The highest BCUT2D eigenvalue weighted by atomic mass is 127. The fourth-order valence-electron chi connectivity index (χ4n) is 3.95. The summed E-state index contributed by atoms with van der Waals surface area (Å²) in [5, 5.41) is 9.39. The van der Waals surface area contributed by atoms with Crippen LogP contribution in [-0.4, -0.2) is 66.0 Å². The molecular formula is C19H22ClFIN3O4. The Bertz CT molecular complexity index is 1040. The Morgan fingerprint density at radius 2 is 2.07 bits per heavy atom. The summed E-state index contributed by atoms with van der Waals surface area (Å²) in [5.41, 5.74) is -0.289. The van der Waals surface area contributed by atoms with Gasteiger partial charge in [-0.2, -0.15) is 0 Å². The van der Waals surface area contributed by atoms with Crippen LogP contribution in [0, 0.1) is 5.82 Å². The molecule has 2 aliphatic rings. The van der Waals surface area contributed by atoms with Gasteiger partial charge in [-0.3, -0.25) is 4.79 Å². The van der Waals surface area contributed by atoms with Crippen LogP contribution in [0.1, 0.15) is 23.3 Å². The van der Waals surface area contributed by atoms with Crippen LogP contribution >= 0.6 is 11.6 Å². The van der Waals surface area contributed by atoms with Crippen LogP contribution in [0.3, 0.4) is 0 Å². The Balaban J connectivity index is 0.00000240. The quantitative estimate of drug-likeness (QED) is 0.242. The second-order valence-corrected chi connectivity index (χ2v) is 8.09. The minimum Gasteiger partial charge on any atom is -1.00 e. The molecule has 1 atom stereocenters. The summed E-state index contributed by atoms with van der Waals surface area (Å²) in [7, 11) is 2.06. The van der Waals surface area contributed by atoms with Gasteiger partial charge in [0, 0.05) is 6.20 Å². The van der Waals surface area contributed by atoms with Gasteiger partial charge in [0.05, 0.1) is 50.2 Å². The zero-order valence-corrected chi connectivity index (χ0v) is 19.0. The molecule has 0 aliphatic carbocycles. The van der Waals surface area contributed by atoms with Crippen molar-refractivity contribution in [3.63, 3.8) is 0 Å². The zero-order chi connectivity index (χ0) is 20.2. The highest BCUT2D eigenvalue weighted by Crippen LogP contribution is 2.42. The van der Waals surface area contributed by atoms with E-state index in [0.29, 0.717) is 40.5 Å². The highest BCUT2D eigenvalue weighted by Gasteiger charge is 2.34. The van der Waals surface area contributed by atoms with Crippen molar-refractivity contribution in [2.75, 3.05) is 50.7 Å². The van der Waals surface area contributed by atoms with Crippen molar-refractivity contribution in [1.82, 2.24) is 4.57 Å². The van der Waals surface area contributed by atoms with E-state index in [-0.39, 0.29) is 47.6 Å². The van der Waals surface area contributed by atoms with Crippen molar-refractivity contribution in [3.05, 3.63) is 33.9 Å². The zero-order valence-electron chi connectivity index (χ0n) is 16.1. The molecule has 2 aliphatic heterocycles. The SMILES string of the molecule is C[C@H]1COc2c(N3CC[N+](C)(CCl)CC3)c(F)cc3c(=O)c(C(=O)O)cn1c23.[I-]. The number of aromatic nitrogens is 1. The number of carboxylic acids is 1. The number of likely N-dealkylation sites (N-methyl/N-ethyl adjacent to an activating group) is 1. The van der Waals surface area contributed by atoms with Gasteiger partial charge in [0.1, 0.15) is 17.9 Å². The Morgan fingerprint density at radius 1 is 1.41 bits per heavy atom. The number of carboxylic acid groups (broad SMARTS) is 1. The van der Waals surface area contributed by atoms with E-state index in [0.717, 1.165) is 19.2 Å². The van der Waals surface area contributed by atoms with E-state index in [9.17, 15) is 14.7 Å². The number of hydrogen-bond donors (Lipinski definition) is 1. The number of ether oxygens (including phenoxy) is 1. The summed E-state index contributed by atoms with van der Waals surface area (Å²) in [6.07, 6.45) is 1.34. The number of benzene rings is 1. The number of halogens is 3. The number of carbonyl (C=O) groups is 1. The maximum Gasteiger partial charge on any atom is 0.341 e. The van der Waals surface area contributed by atoms with Crippen molar-refractivity contribution in [2.45, 2.75) is 13.0 Å². The highest BCUT2D eigenvalue weighted by molar-refractivity contribution is 6.17. The topological polar surface area (TPSA) is 71.8 Å². The number of aromatic carboxylic acids is 1. The Hall–Kier alpha value is -1.59. The van der Waals surface area contributed by atoms with Crippen molar-refractivity contribution in [2.24, 2.45) is 0 Å². The fourth-order valence-corrected chi connectivity index (χ4v) is 4.19. The van der Waals surface area contributed by atoms with Gasteiger partial charge in [0.2, 0.25) is 5.43 Å². The Morgan fingerprint density at radius 3 is 2.66 bits per heavy atom. The van der Waals surface area contributed by atoms with Gasteiger partial charge < -0.3 is 47.8 Å². The molecule has 1 aromatic heterocycles. The van der Waals surface area contributed by atoms with E-state index in [1.165, 1.54) is 6.20 Å². The maximum atomic E-state index is 15.1. The summed E-state index contributed by atoms with van der Waals surface area (Å²) in [5.74, 6) is -1.59. The first-order valence-electron chi connectivity index (χ1n) is 9.17. The number of piperazine rings is 1. The van der Waals surface area contributed by atoms with E-state index < -0.39 is 17.2 Å². The lowest BCUT2D eigenvalue weighted by Crippen LogP contribution is -3.00. The molecule has 1 saturated heterocycles. The minimum absolute atomic E-state index is 0. The number of hydrogen-bond acceptors (Lipinski definition) is 4. The average molecular weight is 538 g/mol. The largest absolute Gasteiger partial charge is 1.00 e. The first-order chi connectivity index (χ1) is 13.3. The van der Waals surface area contributed by atoms with Gasteiger partial charge in [-0.15, -0.1) is 0 Å². The van der Waals surface area contributed by atoms with Gasteiger partial charge in [0.25, 0.3) is 0 Å². The molecule has 158 valence electrons. The molecular weight excluding hydrogens is 516 g/mol. The second-order valence-electron chi connectivity index (χ2n) is 7.85. The molecule has 3 heterocycles. The molecule has 0 radical (unpaired) electrons. The third-order valence-electron chi connectivity index (χ3n) is 5.80. The van der Waals surface area contributed by atoms with Crippen LogP contribution in [0.15, 0.2) is 17.1 Å². The number of nitrogens with zero attached hydrogens (tertiary/aromatic N) is 3. The smallest absolute Gasteiger partial charge is 0.341 e. The van der Waals surface area contributed by atoms with Crippen LogP contribution in [0.2, 0.25) is 0 Å². The molecule has 0 amide bonds. The molecule has 2 aromatic rings. The Labute approximate surface area is 189 Å². The van der Waals surface area contributed by atoms with Crippen LogP contribution in [0.4, 0.5) is 10.1 Å². The summed E-state index contributed by atoms with van der Waals surface area (Å²) < 4.78 is 23.4. The summed E-state index contributed by atoms with van der Waals surface area (Å²) in [6, 6.07) is 1.46. The van der Waals surface area contributed by atoms with Crippen LogP contribution in [0.25, 0.3) is 10.9 Å². The van der Waals surface area contributed by atoms with Crippen LogP contribution < -0.4 is 39.0 Å². The van der Waals surface area contributed by atoms with E-state index in [1.54, 1.807) is 4.57 Å². The Kier molecular flexibility index (Phi) is 6.03. The van der Waals surface area contributed by atoms with E-state index in [2.05, 4.69) is 7.05 Å². The number of anilines is 1.